The molecule has 0 aromatic heterocycles. The third-order valence-electron chi connectivity index (χ3n) is 16.4. The number of aromatic hydroxyl groups is 1. The van der Waals surface area contributed by atoms with Gasteiger partial charge in [0.05, 0.1) is 79.0 Å². The number of hydrogen-bond donors (Lipinski definition) is 1. The summed E-state index contributed by atoms with van der Waals surface area (Å²) in [4.78, 5) is 111. The first-order valence-corrected chi connectivity index (χ1v) is 42.3. The third kappa shape index (κ3) is 59.4. The lowest BCUT2D eigenvalue weighted by Crippen LogP contribution is -2.37. The van der Waals surface area contributed by atoms with Gasteiger partial charge in [0.25, 0.3) is 0 Å². The van der Waals surface area contributed by atoms with Gasteiger partial charge in [0, 0.05) is 16.0 Å². The number of hydrogen-bond acceptors (Lipinski definition) is 35. The van der Waals surface area contributed by atoms with E-state index in [2.05, 4.69) is 27.3 Å². The molecule has 1 unspecified atom stereocenters. The largest absolute Gasteiger partial charge is 0.550 e. The Labute approximate surface area is 818 Å². The van der Waals surface area contributed by atoms with Crippen LogP contribution in [-0.4, -0.2) is 150 Å². The van der Waals surface area contributed by atoms with Crippen molar-refractivity contribution >= 4 is 99.0 Å². The Morgan fingerprint density at radius 2 is 0.617 bits per heavy atom. The molecule has 0 aliphatic heterocycles. The smallest absolute Gasteiger partial charge is 0.416 e. The summed E-state index contributed by atoms with van der Waals surface area (Å²) in [6, 6.07) is 81.0. The lowest BCUT2D eigenvalue weighted by atomic mass is 9.92. The van der Waals surface area contributed by atoms with Gasteiger partial charge in [-0.25, -0.2) is 4.39 Å². The minimum absolute atomic E-state index is 0.0483. The van der Waals surface area contributed by atoms with Crippen LogP contribution in [0.4, 0.5) is 17.6 Å². The van der Waals surface area contributed by atoms with Crippen LogP contribution in [0.1, 0.15) is 48.4 Å². The summed E-state index contributed by atoms with van der Waals surface area (Å²) >= 11 is 2.15. The number of aliphatic carboxylic acids is 11. The number of carboxylic acids is 11. The number of carbonyl (C=O) groups is 11. The van der Waals surface area contributed by atoms with Crippen molar-refractivity contribution in [2.45, 2.75) is 58.2 Å². The van der Waals surface area contributed by atoms with Gasteiger partial charge in [0.2, 0.25) is 0 Å². The molecule has 35 nitrogen and oxygen atoms in total. The van der Waals surface area contributed by atoms with Crippen molar-refractivity contribution in [1.82, 2.24) is 0 Å². The number of rotatable bonds is 35. The Bertz CT molecular complexity index is 5480. The zero-order chi connectivity index (χ0) is 104. The molecule has 0 spiro atoms. The van der Waals surface area contributed by atoms with E-state index in [1.807, 2.05) is 110 Å². The van der Waals surface area contributed by atoms with Crippen molar-refractivity contribution in [1.29, 1.82) is 0 Å². The second-order valence-electron chi connectivity index (χ2n) is 27.5. The Kier molecular flexibility index (Phi) is 56.9. The number of methoxy groups -OCH3 is 1. The fourth-order valence-electron chi connectivity index (χ4n) is 10.0. The van der Waals surface area contributed by atoms with Gasteiger partial charge in [0.1, 0.15) is 146 Å². The number of fused-ring (bicyclic) bond motifs is 2. The number of benzene rings is 12. The molecule has 0 bridgehead atoms. The maximum absolute atomic E-state index is 12.3. The maximum Gasteiger partial charge on any atom is 0.416 e. The highest BCUT2D eigenvalue weighted by Gasteiger charge is 2.30. The van der Waals surface area contributed by atoms with Gasteiger partial charge < -0.3 is 171 Å². The standard InChI is InChI=1S/C12H14O3.C12H10O3.C9H7F3O3.C9H10O4.3C9H10O3.C8H7FO3.C8H7IO3.C8H8O4.C8H8O3/c2*13-12(14)8-15-11-6-5-9-3-1-2-4-10(9)7-11;10-9(11,12)6-1-3-7(4-2-6)15-5-8(13)14;1-12-7-2-4-8(5-3-7)13-6-9(10)11;1-7-2-4-8(5-3-7)12-6-9(10)11;1-7(9(10)11)12-8-5-3-2-4-6-8;10-9(11)6-7-12-8-4-2-1-3-5-8;3*9-6-1-3-7(4-2-6)12-5-8(10)11;9-8(10)6-11-7-4-2-1-3-5-7/h5-7H,1-4,8H2,(H,13,14);1-7H,8H2,(H,13,14);1-4H,5H2,(H,13,14);2-5H,6H2,1H3,(H,10,11);2-5H,6H2,1H3,(H,10,11);2-7H,1H3,(H,10,11);1-5H,6-7H2,(H,10,11);2*1-4H,5H2,(H,10,11);1-4,9H,5H2,(H,10,11);1-5H,6H2,(H,9,10)/p-11. The Balaban J connectivity index is 0.000000399. The molecular formula is C101H90F4IO35-11. The Morgan fingerprint density at radius 3 is 0.986 bits per heavy atom. The number of carboxylic acid groups (broad SMARTS) is 11. The maximum atomic E-state index is 12.3. The fraction of sp³-hybridized carbons (Fsp3) is 0.198. The predicted molar refractivity (Wildman–Crippen MR) is 480 cm³/mol. The second-order valence-corrected chi connectivity index (χ2v) is 28.7. The van der Waals surface area contributed by atoms with Gasteiger partial charge in [-0.05, 0) is 278 Å². The van der Waals surface area contributed by atoms with Gasteiger partial charge in [-0.15, -0.1) is 0 Å². The van der Waals surface area contributed by atoms with Crippen molar-refractivity contribution in [2.24, 2.45) is 0 Å². The summed E-state index contributed by atoms with van der Waals surface area (Å²) in [5.74, 6) is -7.97. The summed E-state index contributed by atoms with van der Waals surface area (Å²) in [6.07, 6.45) is -0.758. The molecule has 12 aromatic rings. The predicted octanol–water partition coefficient (Wildman–Crippen LogP) is 2.56. The van der Waals surface area contributed by atoms with E-state index in [1.165, 1.54) is 79.4 Å². The van der Waals surface area contributed by atoms with Crippen molar-refractivity contribution in [3.8, 4) is 74.7 Å². The summed E-state index contributed by atoms with van der Waals surface area (Å²) in [6.45, 7) is -0.587. The highest BCUT2D eigenvalue weighted by atomic mass is 127. The molecular weight excluding hydrogens is 1980 g/mol. The van der Waals surface area contributed by atoms with Gasteiger partial charge in [-0.2, -0.15) is 13.2 Å². The molecule has 0 radical (unpaired) electrons. The number of phenols is 1. The summed E-state index contributed by atoms with van der Waals surface area (Å²) in [7, 11) is 1.55. The molecule has 1 aliphatic carbocycles. The SMILES string of the molecule is CC(Oc1ccccc1)C(=O)[O-].COc1ccc(OCC(=O)[O-])cc1.Cc1ccc(OCC(=O)[O-])cc1.O=C([O-])CCOc1ccccc1.O=C([O-])COc1ccc(C(F)(F)F)cc1.O=C([O-])COc1ccc(F)cc1.O=C([O-])COc1ccc(I)cc1.O=C([O-])COc1ccc(O)cc1.O=C([O-])COc1ccc2c(c1)CCCC2.O=C([O-])COc1ccc2ccccc2c1.O=C([O-])COc1ccccc1. The van der Waals surface area contributed by atoms with E-state index < -0.39 is 142 Å². The molecule has 1 N–H and O–H groups in total. The first-order chi connectivity index (χ1) is 67.1. The van der Waals surface area contributed by atoms with Gasteiger partial charge in [-0.1, -0.05) is 109 Å². The topological polar surface area (TPSA) is 572 Å². The highest BCUT2D eigenvalue weighted by Crippen LogP contribution is 2.31. The fourth-order valence-corrected chi connectivity index (χ4v) is 10.4. The molecule has 12 aromatic carbocycles. The van der Waals surface area contributed by atoms with E-state index in [4.69, 9.17) is 57.2 Å². The molecule has 750 valence electrons. The first kappa shape index (κ1) is 118. The van der Waals surface area contributed by atoms with Crippen molar-refractivity contribution in [3.05, 3.63) is 329 Å². The molecule has 0 saturated carbocycles. The quantitative estimate of drug-likeness (QED) is 0.0440. The molecule has 141 heavy (non-hydrogen) atoms. The molecule has 0 fully saturated rings. The van der Waals surface area contributed by atoms with E-state index in [1.54, 1.807) is 128 Å². The monoisotopic (exact) mass is 2070 g/mol. The van der Waals surface area contributed by atoms with Crippen molar-refractivity contribution in [3.63, 3.8) is 0 Å². The number of aryl methyl sites for hydroxylation is 3. The van der Waals surface area contributed by atoms with E-state index in [0.29, 0.717) is 63.2 Å². The number of para-hydroxylation sites is 3. The lowest BCUT2D eigenvalue weighted by molar-refractivity contribution is -0.313. The number of halogens is 5. The number of phenolic OH excluding ortho intramolecular Hbond substituents is 1. The lowest BCUT2D eigenvalue weighted by Gasteiger charge is -2.16. The number of ether oxygens (including phenoxy) is 12. The van der Waals surface area contributed by atoms with Gasteiger partial charge in [0.15, 0.2) is 0 Å². The Hall–Kier alpha value is -17.1. The zero-order valence-corrected chi connectivity index (χ0v) is 77.3. The molecule has 0 saturated heterocycles. The average Bonchev–Trinajstić information content (AvgIpc) is 0.848. The third-order valence-corrected chi connectivity index (χ3v) is 17.1. The van der Waals surface area contributed by atoms with Crippen molar-refractivity contribution in [2.75, 3.05) is 73.2 Å². The minimum Gasteiger partial charge on any atom is -0.550 e. The van der Waals surface area contributed by atoms with E-state index in [0.717, 1.165) is 57.0 Å². The van der Waals surface area contributed by atoms with Crippen molar-refractivity contribution < 1.29 is 188 Å². The van der Waals surface area contributed by atoms with Crippen LogP contribution in [-0.2, 0) is 71.8 Å². The van der Waals surface area contributed by atoms with Crippen LogP contribution in [0.25, 0.3) is 10.8 Å². The van der Waals surface area contributed by atoms with Crippen LogP contribution in [0, 0.1) is 16.3 Å². The molecule has 1 aliphatic rings. The van der Waals surface area contributed by atoms with Crippen LogP contribution < -0.4 is 113 Å². The normalized spacial score (nSPS) is 10.4. The van der Waals surface area contributed by atoms with Crippen LogP contribution >= 0.6 is 22.6 Å². The number of carbonyl (C=O) groups excluding carboxylic acids is 11. The van der Waals surface area contributed by atoms with Gasteiger partial charge >= 0.3 is 6.18 Å². The summed E-state index contributed by atoms with van der Waals surface area (Å²) < 4.78 is 108. The first-order valence-electron chi connectivity index (χ1n) is 41.2. The molecule has 13 rings (SSSR count). The van der Waals surface area contributed by atoms with Crippen LogP contribution in [0.2, 0.25) is 0 Å². The van der Waals surface area contributed by atoms with Crippen LogP contribution in [0.3, 0.4) is 0 Å². The number of alkyl halides is 3. The van der Waals surface area contributed by atoms with E-state index >= 15 is 0 Å². The zero-order valence-electron chi connectivity index (χ0n) is 75.2. The summed E-state index contributed by atoms with van der Waals surface area (Å²) in [5.41, 5.74) is 2.94. The van der Waals surface area contributed by atoms with Crippen LogP contribution in [0.15, 0.2) is 297 Å². The molecule has 0 heterocycles. The molecule has 0 amide bonds. The van der Waals surface area contributed by atoms with Crippen LogP contribution in [0.5, 0.6) is 74.7 Å². The second kappa shape index (κ2) is 68.0. The van der Waals surface area contributed by atoms with Gasteiger partial charge in [-0.3, -0.25) is 0 Å². The van der Waals surface area contributed by atoms with E-state index in [9.17, 15) is 126 Å². The highest BCUT2D eigenvalue weighted by molar-refractivity contribution is 14.1. The minimum atomic E-state index is -4.41. The Morgan fingerprint density at radius 1 is 0.326 bits per heavy atom. The summed E-state index contributed by atoms with van der Waals surface area (Å²) in [5, 5.41) is 122. The average molecular weight is 2070 g/mol. The molecule has 40 heteroatoms. The molecule has 1 atom stereocenters. The van der Waals surface area contributed by atoms with E-state index in [-0.39, 0.29) is 31.1 Å².